The van der Waals surface area contributed by atoms with Crippen LogP contribution in [0.3, 0.4) is 0 Å². The highest BCUT2D eigenvalue weighted by Gasteiger charge is 2.20. The molecule has 1 saturated carbocycles. The van der Waals surface area contributed by atoms with Crippen LogP contribution in [0.15, 0.2) is 30.3 Å². The SMILES string of the molecule is O=C(CCCNC(=O)NC1CCCCC1)NC1CCN(Cc2ccccc2)CC1. The largest absolute Gasteiger partial charge is 0.353 e. The fraction of sp³-hybridized carbons (Fsp3) is 0.652. The lowest BCUT2D eigenvalue weighted by Gasteiger charge is -2.32. The maximum Gasteiger partial charge on any atom is 0.315 e. The number of nitrogens with zero attached hydrogens (tertiary/aromatic N) is 1. The summed E-state index contributed by atoms with van der Waals surface area (Å²) in [6.07, 6.45) is 9.00. The van der Waals surface area contributed by atoms with E-state index in [9.17, 15) is 9.59 Å². The van der Waals surface area contributed by atoms with Gasteiger partial charge in [-0.15, -0.1) is 0 Å². The van der Waals surface area contributed by atoms with Gasteiger partial charge < -0.3 is 16.0 Å². The number of nitrogens with one attached hydrogen (secondary N) is 3. The van der Waals surface area contributed by atoms with Gasteiger partial charge in [-0.3, -0.25) is 9.69 Å². The first-order valence-electron chi connectivity index (χ1n) is 11.3. The molecule has 0 atom stereocenters. The molecule has 0 spiro atoms. The highest BCUT2D eigenvalue weighted by molar-refractivity contribution is 5.76. The first-order chi connectivity index (χ1) is 14.2. The molecule has 160 valence electrons. The second-order valence-corrected chi connectivity index (χ2v) is 8.44. The maximum absolute atomic E-state index is 12.2. The summed E-state index contributed by atoms with van der Waals surface area (Å²) in [5.41, 5.74) is 1.34. The lowest BCUT2D eigenvalue weighted by molar-refractivity contribution is -0.122. The molecule has 3 rings (SSSR count). The van der Waals surface area contributed by atoms with Crippen molar-refractivity contribution in [2.75, 3.05) is 19.6 Å². The van der Waals surface area contributed by atoms with Gasteiger partial charge in [-0.1, -0.05) is 49.6 Å². The summed E-state index contributed by atoms with van der Waals surface area (Å²) >= 11 is 0. The Hall–Kier alpha value is -2.08. The molecule has 0 unspecified atom stereocenters. The summed E-state index contributed by atoms with van der Waals surface area (Å²) in [6.45, 7) is 3.56. The van der Waals surface area contributed by atoms with Gasteiger partial charge in [0.2, 0.25) is 5.91 Å². The standard InChI is InChI=1S/C23H36N4O2/c28-22(12-7-15-24-23(29)26-20-10-5-2-6-11-20)25-21-13-16-27(17-14-21)18-19-8-3-1-4-9-19/h1,3-4,8-9,20-21H,2,5-7,10-18H2,(H,25,28)(H2,24,26,29). The average Bonchev–Trinajstić information content (AvgIpc) is 2.74. The van der Waals surface area contributed by atoms with Crippen LogP contribution in [0.25, 0.3) is 0 Å². The van der Waals surface area contributed by atoms with E-state index < -0.39 is 0 Å². The molecule has 0 radical (unpaired) electrons. The van der Waals surface area contributed by atoms with Gasteiger partial charge in [0.05, 0.1) is 0 Å². The topological polar surface area (TPSA) is 73.5 Å². The Labute approximate surface area is 174 Å². The van der Waals surface area contributed by atoms with Crippen molar-refractivity contribution in [1.82, 2.24) is 20.9 Å². The minimum absolute atomic E-state index is 0.0944. The number of carbonyl (C=O) groups excluding carboxylic acids is 2. The van der Waals surface area contributed by atoms with Crippen LogP contribution in [-0.2, 0) is 11.3 Å². The van der Waals surface area contributed by atoms with Crippen molar-refractivity contribution < 1.29 is 9.59 Å². The minimum Gasteiger partial charge on any atom is -0.353 e. The quantitative estimate of drug-likeness (QED) is 0.587. The van der Waals surface area contributed by atoms with E-state index in [1.807, 2.05) is 6.07 Å². The molecule has 1 aliphatic heterocycles. The number of rotatable bonds is 8. The van der Waals surface area contributed by atoms with Crippen molar-refractivity contribution in [3.05, 3.63) is 35.9 Å². The Morgan fingerprint density at radius 3 is 2.31 bits per heavy atom. The van der Waals surface area contributed by atoms with E-state index in [1.165, 1.54) is 24.8 Å². The second kappa shape index (κ2) is 11.8. The lowest BCUT2D eigenvalue weighted by Crippen LogP contribution is -2.45. The molecule has 0 bridgehead atoms. The molecule has 2 fully saturated rings. The molecule has 1 aromatic carbocycles. The summed E-state index contributed by atoms with van der Waals surface area (Å²) < 4.78 is 0. The van der Waals surface area contributed by atoms with Crippen LogP contribution in [0.5, 0.6) is 0 Å². The van der Waals surface area contributed by atoms with E-state index in [2.05, 4.69) is 45.1 Å². The Balaban J connectivity index is 1.22. The maximum atomic E-state index is 12.2. The first kappa shape index (κ1) is 21.6. The van der Waals surface area contributed by atoms with Crippen molar-refractivity contribution in [3.8, 4) is 0 Å². The number of hydrogen-bond acceptors (Lipinski definition) is 3. The summed E-state index contributed by atoms with van der Waals surface area (Å²) in [6, 6.07) is 11.0. The van der Waals surface area contributed by atoms with E-state index in [1.54, 1.807) is 0 Å². The van der Waals surface area contributed by atoms with Crippen molar-refractivity contribution in [3.63, 3.8) is 0 Å². The lowest BCUT2D eigenvalue weighted by atomic mass is 9.96. The highest BCUT2D eigenvalue weighted by Crippen LogP contribution is 2.17. The van der Waals surface area contributed by atoms with E-state index in [0.717, 1.165) is 45.3 Å². The zero-order valence-corrected chi connectivity index (χ0v) is 17.5. The predicted molar refractivity (Wildman–Crippen MR) is 116 cm³/mol. The molecule has 1 heterocycles. The van der Waals surface area contributed by atoms with Gasteiger partial charge in [-0.2, -0.15) is 0 Å². The van der Waals surface area contributed by atoms with Crippen molar-refractivity contribution >= 4 is 11.9 Å². The van der Waals surface area contributed by atoms with Crippen molar-refractivity contribution in [2.45, 2.75) is 76.4 Å². The number of urea groups is 1. The van der Waals surface area contributed by atoms with Crippen LogP contribution in [0.4, 0.5) is 4.79 Å². The molecular weight excluding hydrogens is 364 g/mol. The summed E-state index contributed by atoms with van der Waals surface area (Å²) in [7, 11) is 0. The van der Waals surface area contributed by atoms with Gasteiger partial charge in [0.1, 0.15) is 0 Å². The van der Waals surface area contributed by atoms with Gasteiger partial charge in [-0.25, -0.2) is 4.79 Å². The monoisotopic (exact) mass is 400 g/mol. The molecule has 1 aromatic rings. The van der Waals surface area contributed by atoms with Crippen LogP contribution in [-0.4, -0.2) is 48.6 Å². The highest BCUT2D eigenvalue weighted by atomic mass is 16.2. The molecule has 1 saturated heterocycles. The third-order valence-electron chi connectivity index (χ3n) is 6.01. The molecule has 3 amide bonds. The second-order valence-electron chi connectivity index (χ2n) is 8.44. The molecule has 3 N–H and O–H groups in total. The number of piperidine rings is 1. The van der Waals surface area contributed by atoms with Gasteiger partial charge in [-0.05, 0) is 37.7 Å². The van der Waals surface area contributed by atoms with E-state index >= 15 is 0 Å². The third-order valence-corrected chi connectivity index (χ3v) is 6.01. The number of likely N-dealkylation sites (tertiary alicyclic amines) is 1. The number of amides is 3. The minimum atomic E-state index is -0.0944. The zero-order chi connectivity index (χ0) is 20.3. The van der Waals surface area contributed by atoms with Crippen LogP contribution in [0.2, 0.25) is 0 Å². The molecule has 0 aromatic heterocycles. The normalized spacial score (nSPS) is 18.9. The molecule has 6 heteroatoms. The van der Waals surface area contributed by atoms with E-state index in [0.29, 0.717) is 25.4 Å². The van der Waals surface area contributed by atoms with Crippen LogP contribution >= 0.6 is 0 Å². The Morgan fingerprint density at radius 1 is 0.897 bits per heavy atom. The van der Waals surface area contributed by atoms with Crippen molar-refractivity contribution in [1.29, 1.82) is 0 Å². The number of benzene rings is 1. The van der Waals surface area contributed by atoms with Crippen LogP contribution < -0.4 is 16.0 Å². The van der Waals surface area contributed by atoms with Gasteiger partial charge in [0.15, 0.2) is 0 Å². The van der Waals surface area contributed by atoms with Crippen molar-refractivity contribution in [2.24, 2.45) is 0 Å². The molecule has 29 heavy (non-hydrogen) atoms. The van der Waals surface area contributed by atoms with E-state index in [4.69, 9.17) is 0 Å². The fourth-order valence-electron chi connectivity index (χ4n) is 4.31. The molecule has 6 nitrogen and oxygen atoms in total. The first-order valence-corrected chi connectivity index (χ1v) is 11.3. The smallest absolute Gasteiger partial charge is 0.315 e. The molecular formula is C23H36N4O2. The van der Waals surface area contributed by atoms with Gasteiger partial charge >= 0.3 is 6.03 Å². The fourth-order valence-corrected chi connectivity index (χ4v) is 4.31. The van der Waals surface area contributed by atoms with Gasteiger partial charge in [0.25, 0.3) is 0 Å². The average molecular weight is 401 g/mol. The Kier molecular flexibility index (Phi) is 8.81. The van der Waals surface area contributed by atoms with E-state index in [-0.39, 0.29) is 18.0 Å². The number of carbonyl (C=O) groups is 2. The van der Waals surface area contributed by atoms with Crippen LogP contribution in [0.1, 0.15) is 63.4 Å². The summed E-state index contributed by atoms with van der Waals surface area (Å²) in [5.74, 6) is 0.0981. The predicted octanol–water partition coefficient (Wildman–Crippen LogP) is 3.18. The molecule has 1 aliphatic carbocycles. The number of hydrogen-bond donors (Lipinski definition) is 3. The van der Waals surface area contributed by atoms with Gasteiger partial charge in [0, 0.05) is 44.7 Å². The zero-order valence-electron chi connectivity index (χ0n) is 17.5. The molecule has 2 aliphatic rings. The summed E-state index contributed by atoms with van der Waals surface area (Å²) in [4.78, 5) is 26.6. The Morgan fingerprint density at radius 2 is 1.59 bits per heavy atom. The third kappa shape index (κ3) is 8.05. The summed E-state index contributed by atoms with van der Waals surface area (Å²) in [5, 5.41) is 9.08. The Bertz CT molecular complexity index is 623. The van der Waals surface area contributed by atoms with Crippen LogP contribution in [0, 0.1) is 0 Å².